The SMILES string of the molecule is Cc1cc(-c2nccc3ccccc23)[c-]cc1F.Cc1cc(-c2nccc3ccccc23)[c-]cc1F.Cc1cc(-c2nccc3ccccc23)ccc1F.[Ir]. The molecule has 7 heteroatoms. The zero-order chi connectivity index (χ0) is 37.6. The first kappa shape index (κ1) is 38.7. The predicted molar refractivity (Wildman–Crippen MR) is 213 cm³/mol. The number of benzene rings is 6. The second-order valence-corrected chi connectivity index (χ2v) is 12.9. The molecular formula is C48H34F3IrN3-2. The fraction of sp³-hybridized carbons (Fsp3) is 0.0625. The van der Waals surface area contributed by atoms with Crippen LogP contribution in [0.15, 0.2) is 152 Å². The summed E-state index contributed by atoms with van der Waals surface area (Å²) < 4.78 is 39.9. The summed E-state index contributed by atoms with van der Waals surface area (Å²) in [6.45, 7) is 5.26. The van der Waals surface area contributed by atoms with E-state index in [1.54, 1.807) is 57.6 Å². The van der Waals surface area contributed by atoms with Gasteiger partial charge in [-0.1, -0.05) is 97.8 Å². The third-order valence-corrected chi connectivity index (χ3v) is 9.15. The normalized spacial score (nSPS) is 10.6. The number of aromatic nitrogens is 3. The number of hydrogen-bond acceptors (Lipinski definition) is 3. The van der Waals surface area contributed by atoms with Gasteiger partial charge in [0.2, 0.25) is 0 Å². The van der Waals surface area contributed by atoms with Crippen molar-refractivity contribution in [3.05, 3.63) is 198 Å². The molecular weight excluding hydrogens is 868 g/mol. The minimum Gasteiger partial charge on any atom is -0.304 e. The molecule has 0 bridgehead atoms. The van der Waals surface area contributed by atoms with Crippen molar-refractivity contribution in [1.82, 2.24) is 15.0 Å². The van der Waals surface area contributed by atoms with Crippen molar-refractivity contribution in [3.8, 4) is 33.8 Å². The molecule has 9 aromatic rings. The molecule has 55 heavy (non-hydrogen) atoms. The van der Waals surface area contributed by atoms with Gasteiger partial charge in [0.1, 0.15) is 5.82 Å². The number of pyridine rings is 3. The topological polar surface area (TPSA) is 38.7 Å². The zero-order valence-electron chi connectivity index (χ0n) is 30.2. The molecule has 0 amide bonds. The molecule has 0 unspecified atom stereocenters. The quantitative estimate of drug-likeness (QED) is 0.166. The second kappa shape index (κ2) is 17.4. The number of nitrogens with zero attached hydrogens (tertiary/aromatic N) is 3. The minimum absolute atomic E-state index is 0. The van der Waals surface area contributed by atoms with Gasteiger partial charge in [-0.3, -0.25) is 13.8 Å². The first-order valence-corrected chi connectivity index (χ1v) is 17.4. The standard InChI is InChI=1S/C16H12FN.2C16H11FN.Ir/c3*1-11-10-13(6-7-15(11)17)16-14-5-3-2-4-12(14)8-9-18-16;/h2-10H,1H3;2*2-5,7-10H,1H3;/q;2*-1;. The van der Waals surface area contributed by atoms with Crippen LogP contribution in [0, 0.1) is 50.4 Å². The first-order valence-electron chi connectivity index (χ1n) is 17.4. The molecule has 273 valence electrons. The van der Waals surface area contributed by atoms with Crippen molar-refractivity contribution >= 4 is 32.3 Å². The molecule has 0 N–H and O–H groups in total. The van der Waals surface area contributed by atoms with E-state index in [0.29, 0.717) is 16.7 Å². The molecule has 0 aliphatic heterocycles. The largest absolute Gasteiger partial charge is 0.304 e. The maximum absolute atomic E-state index is 13.3. The molecule has 3 heterocycles. The van der Waals surface area contributed by atoms with E-state index in [9.17, 15) is 13.2 Å². The van der Waals surface area contributed by atoms with E-state index in [2.05, 4.69) is 33.2 Å². The van der Waals surface area contributed by atoms with Gasteiger partial charge in [0.25, 0.3) is 0 Å². The van der Waals surface area contributed by atoms with Crippen LogP contribution >= 0.6 is 0 Å². The Balaban J connectivity index is 0.000000139. The Kier molecular flexibility index (Phi) is 12.3. The van der Waals surface area contributed by atoms with E-state index in [0.717, 1.165) is 66.1 Å². The Hall–Kier alpha value is -6.01. The van der Waals surface area contributed by atoms with E-state index in [-0.39, 0.29) is 37.6 Å². The maximum atomic E-state index is 13.3. The molecule has 0 aliphatic carbocycles. The van der Waals surface area contributed by atoms with Gasteiger partial charge in [-0.05, 0) is 87.2 Å². The Morgan fingerprint density at radius 3 is 1.22 bits per heavy atom. The molecule has 6 aromatic carbocycles. The third-order valence-electron chi connectivity index (χ3n) is 9.15. The molecule has 0 saturated heterocycles. The van der Waals surface area contributed by atoms with Gasteiger partial charge in [0, 0.05) is 61.3 Å². The fourth-order valence-corrected chi connectivity index (χ4v) is 6.25. The van der Waals surface area contributed by atoms with Gasteiger partial charge in [-0.15, -0.1) is 47.5 Å². The fourth-order valence-electron chi connectivity index (χ4n) is 6.25. The summed E-state index contributed by atoms with van der Waals surface area (Å²) in [4.78, 5) is 13.2. The van der Waals surface area contributed by atoms with Crippen molar-refractivity contribution in [2.75, 3.05) is 0 Å². The molecule has 3 aromatic heterocycles. The predicted octanol–water partition coefficient (Wildman–Crippen LogP) is 12.6. The summed E-state index contributed by atoms with van der Waals surface area (Å²) in [6.07, 6.45) is 5.32. The van der Waals surface area contributed by atoms with E-state index < -0.39 is 0 Å². The Morgan fingerprint density at radius 2 is 0.800 bits per heavy atom. The number of rotatable bonds is 3. The van der Waals surface area contributed by atoms with Crippen LogP contribution in [-0.2, 0) is 20.1 Å². The zero-order valence-corrected chi connectivity index (χ0v) is 32.6. The average molecular weight is 902 g/mol. The minimum atomic E-state index is -0.237. The van der Waals surface area contributed by atoms with Gasteiger partial charge in [-0.25, -0.2) is 4.39 Å². The van der Waals surface area contributed by atoms with Crippen molar-refractivity contribution in [2.45, 2.75) is 20.8 Å². The van der Waals surface area contributed by atoms with Crippen molar-refractivity contribution in [1.29, 1.82) is 0 Å². The first-order chi connectivity index (χ1) is 26.3. The van der Waals surface area contributed by atoms with Crippen molar-refractivity contribution in [2.24, 2.45) is 0 Å². The number of hydrogen-bond donors (Lipinski definition) is 0. The van der Waals surface area contributed by atoms with E-state index in [1.165, 1.54) is 18.2 Å². The second-order valence-electron chi connectivity index (χ2n) is 12.9. The van der Waals surface area contributed by atoms with Crippen molar-refractivity contribution < 1.29 is 33.3 Å². The third kappa shape index (κ3) is 8.70. The molecule has 0 spiro atoms. The van der Waals surface area contributed by atoms with Gasteiger partial charge < -0.3 is 9.97 Å². The molecule has 1 radical (unpaired) electrons. The molecule has 0 saturated carbocycles. The van der Waals surface area contributed by atoms with Crippen LogP contribution in [0.1, 0.15) is 16.7 Å². The molecule has 0 aliphatic rings. The number of halogens is 3. The van der Waals surface area contributed by atoms with E-state index >= 15 is 0 Å². The summed E-state index contributed by atoms with van der Waals surface area (Å²) in [5.41, 5.74) is 7.05. The Morgan fingerprint density at radius 1 is 0.418 bits per heavy atom. The summed E-state index contributed by atoms with van der Waals surface area (Å²) >= 11 is 0. The number of fused-ring (bicyclic) bond motifs is 3. The van der Waals surface area contributed by atoms with Crippen LogP contribution in [0.3, 0.4) is 0 Å². The summed E-state index contributed by atoms with van der Waals surface area (Å²) in [5, 5.41) is 6.59. The van der Waals surface area contributed by atoms with Crippen LogP contribution in [0.2, 0.25) is 0 Å². The van der Waals surface area contributed by atoms with Crippen LogP contribution < -0.4 is 0 Å². The van der Waals surface area contributed by atoms with E-state index in [1.807, 2.05) is 91.0 Å². The Bertz CT molecular complexity index is 2450. The monoisotopic (exact) mass is 902 g/mol. The van der Waals surface area contributed by atoms with Gasteiger partial charge in [0.15, 0.2) is 0 Å². The molecule has 9 rings (SSSR count). The van der Waals surface area contributed by atoms with Crippen molar-refractivity contribution in [3.63, 3.8) is 0 Å². The van der Waals surface area contributed by atoms with Crippen LogP contribution in [0.4, 0.5) is 13.2 Å². The van der Waals surface area contributed by atoms with Gasteiger partial charge in [-0.2, -0.15) is 0 Å². The Labute approximate surface area is 332 Å². The maximum Gasteiger partial charge on any atom is 0.126 e. The summed E-state index contributed by atoms with van der Waals surface area (Å²) in [7, 11) is 0. The van der Waals surface area contributed by atoms with Gasteiger partial charge in [0.05, 0.1) is 5.69 Å². The van der Waals surface area contributed by atoms with Crippen LogP contribution in [0.25, 0.3) is 66.1 Å². The van der Waals surface area contributed by atoms with Gasteiger partial charge >= 0.3 is 0 Å². The average Bonchev–Trinajstić information content (AvgIpc) is 3.21. The smallest absolute Gasteiger partial charge is 0.126 e. The molecule has 3 nitrogen and oxygen atoms in total. The van der Waals surface area contributed by atoms with E-state index in [4.69, 9.17) is 0 Å². The molecule has 0 fully saturated rings. The summed E-state index contributed by atoms with van der Waals surface area (Å²) in [6, 6.07) is 47.4. The number of aryl methyl sites for hydroxylation is 3. The summed E-state index contributed by atoms with van der Waals surface area (Å²) in [5.74, 6) is -0.656. The van der Waals surface area contributed by atoms with Crippen LogP contribution in [-0.4, -0.2) is 15.0 Å². The van der Waals surface area contributed by atoms with Crippen LogP contribution in [0.5, 0.6) is 0 Å². The molecule has 0 atom stereocenters.